The molecule has 1 fully saturated rings. The van der Waals surface area contributed by atoms with E-state index in [0.29, 0.717) is 23.9 Å². The molecule has 1 aliphatic heterocycles. The molecule has 2 aliphatic rings. The summed E-state index contributed by atoms with van der Waals surface area (Å²) in [6.45, 7) is 3.53. The lowest BCUT2D eigenvalue weighted by atomic mass is 9.86. The van der Waals surface area contributed by atoms with E-state index in [-0.39, 0.29) is 11.9 Å². The summed E-state index contributed by atoms with van der Waals surface area (Å²) in [7, 11) is 0. The fourth-order valence-electron chi connectivity index (χ4n) is 3.56. The Balaban J connectivity index is 2.28. The molecule has 0 bridgehead atoms. The average molecular weight is 302 g/mol. The number of aliphatic hydroxyl groups is 1. The van der Waals surface area contributed by atoms with Crippen LogP contribution in [0.4, 0.5) is 0 Å². The van der Waals surface area contributed by atoms with Crippen LogP contribution in [0.2, 0.25) is 0 Å². The summed E-state index contributed by atoms with van der Waals surface area (Å²) in [5, 5.41) is 12.5. The van der Waals surface area contributed by atoms with Crippen molar-refractivity contribution in [2.45, 2.75) is 45.3 Å². The number of fused-ring (bicyclic) bond motifs is 2. The fraction of sp³-hybridized carbons (Fsp3) is 0.471. The molecule has 1 heterocycles. The Morgan fingerprint density at radius 1 is 1.36 bits per heavy atom. The molecule has 0 saturated heterocycles. The first-order valence-electron chi connectivity index (χ1n) is 7.70. The zero-order chi connectivity index (χ0) is 15.9. The molecule has 1 aromatic carbocycles. The minimum absolute atomic E-state index is 0.190. The number of amides is 1. The van der Waals surface area contributed by atoms with Gasteiger partial charge in [0.05, 0.1) is 24.3 Å². The van der Waals surface area contributed by atoms with Gasteiger partial charge in [-0.15, -0.1) is 4.58 Å². The Hall–Kier alpha value is -2.01. The number of carbonyl (C=O) groups excluding carboxylic acids is 2. The van der Waals surface area contributed by atoms with E-state index in [1.807, 2.05) is 0 Å². The predicted molar refractivity (Wildman–Crippen MR) is 80.4 cm³/mol. The number of hydrogen-bond donors (Lipinski definition) is 1. The van der Waals surface area contributed by atoms with E-state index in [9.17, 15) is 14.7 Å². The quantitative estimate of drug-likeness (QED) is 0.631. The molecule has 1 unspecified atom stereocenters. The number of benzene rings is 1. The zero-order valence-electron chi connectivity index (χ0n) is 12.9. The highest BCUT2D eigenvalue weighted by Crippen LogP contribution is 2.34. The van der Waals surface area contributed by atoms with Crippen LogP contribution in [0.3, 0.4) is 0 Å². The van der Waals surface area contributed by atoms with Gasteiger partial charge in [0.15, 0.2) is 0 Å². The molecular weight excluding hydrogens is 282 g/mol. The molecule has 5 nitrogen and oxygen atoms in total. The minimum Gasteiger partial charge on any atom is -0.462 e. The standard InChI is InChI=1S/C17H20NO4/c1-3-22-16(20)12-7-8-15-13(10-12)14-6-4-5-9-17(14,21)18(15)11(2)19/h7-8,10,21H,3-6,9H2,1-2H3/q+1. The molecule has 116 valence electrons. The summed E-state index contributed by atoms with van der Waals surface area (Å²) in [6, 6.07) is 5.11. The lowest BCUT2D eigenvalue weighted by Gasteiger charge is -2.26. The highest BCUT2D eigenvalue weighted by molar-refractivity contribution is 5.90. The van der Waals surface area contributed by atoms with E-state index in [0.717, 1.165) is 30.1 Å². The summed E-state index contributed by atoms with van der Waals surface area (Å²) in [5.41, 5.74) is 0.0567. The average Bonchev–Trinajstić information content (AvgIpc) is 2.74. The molecule has 1 amide bonds. The van der Waals surface area contributed by atoms with Crippen molar-refractivity contribution in [2.75, 3.05) is 6.61 Å². The van der Waals surface area contributed by atoms with Crippen molar-refractivity contribution in [3.63, 3.8) is 0 Å². The summed E-state index contributed by atoms with van der Waals surface area (Å²) in [5.74, 6) is -0.573. The predicted octanol–water partition coefficient (Wildman–Crippen LogP) is 0.328. The fourth-order valence-corrected chi connectivity index (χ4v) is 3.56. The van der Waals surface area contributed by atoms with Gasteiger partial charge in [0.25, 0.3) is 5.72 Å². The summed E-state index contributed by atoms with van der Waals surface area (Å²) in [4.78, 5) is 24.0. The zero-order valence-corrected chi connectivity index (χ0v) is 12.9. The second kappa shape index (κ2) is 5.32. The first-order valence-corrected chi connectivity index (χ1v) is 7.70. The van der Waals surface area contributed by atoms with E-state index in [4.69, 9.17) is 4.74 Å². The van der Waals surface area contributed by atoms with Crippen molar-refractivity contribution in [1.82, 2.24) is 4.58 Å². The highest BCUT2D eigenvalue weighted by Gasteiger charge is 2.51. The minimum atomic E-state index is -1.24. The third-order valence-corrected chi connectivity index (χ3v) is 4.44. The van der Waals surface area contributed by atoms with Crippen LogP contribution in [-0.4, -0.2) is 29.3 Å². The molecule has 1 N–H and O–H groups in total. The smallest absolute Gasteiger partial charge is 0.387 e. The van der Waals surface area contributed by atoms with Gasteiger partial charge in [-0.1, -0.05) is 0 Å². The van der Waals surface area contributed by atoms with Gasteiger partial charge >= 0.3 is 11.9 Å². The highest BCUT2D eigenvalue weighted by atomic mass is 16.5. The van der Waals surface area contributed by atoms with Crippen molar-refractivity contribution in [3.05, 3.63) is 34.3 Å². The molecule has 22 heavy (non-hydrogen) atoms. The van der Waals surface area contributed by atoms with Crippen LogP contribution in [0.15, 0.2) is 18.2 Å². The molecular formula is C17H20NO4+. The van der Waals surface area contributed by atoms with Gasteiger partial charge in [0.1, 0.15) is 0 Å². The van der Waals surface area contributed by atoms with Crippen LogP contribution in [0, 0.1) is 0 Å². The Kier molecular flexibility index (Phi) is 3.60. The number of hydrogen-bond acceptors (Lipinski definition) is 4. The van der Waals surface area contributed by atoms with E-state index >= 15 is 0 Å². The normalized spacial score (nSPS) is 23.0. The lowest BCUT2D eigenvalue weighted by molar-refractivity contribution is -0.128. The molecule has 1 aromatic rings. The summed E-state index contributed by atoms with van der Waals surface area (Å²) >= 11 is 0. The Bertz CT molecular complexity index is 780. The second-order valence-electron chi connectivity index (χ2n) is 5.81. The second-order valence-corrected chi connectivity index (χ2v) is 5.81. The van der Waals surface area contributed by atoms with E-state index in [1.165, 1.54) is 11.5 Å². The first kappa shape index (κ1) is 14.9. The number of nitrogens with zero attached hydrogens (tertiary/aromatic N) is 1. The van der Waals surface area contributed by atoms with Crippen molar-refractivity contribution < 1.29 is 19.4 Å². The maximum absolute atomic E-state index is 12.1. The molecule has 0 radical (unpaired) electrons. The Morgan fingerprint density at radius 3 is 2.82 bits per heavy atom. The van der Waals surface area contributed by atoms with Gasteiger partial charge in [-0.05, 0) is 38.3 Å². The third kappa shape index (κ3) is 2.08. The molecule has 0 spiro atoms. The van der Waals surface area contributed by atoms with Crippen molar-refractivity contribution >= 4 is 17.4 Å². The Labute approximate surface area is 128 Å². The monoisotopic (exact) mass is 302 g/mol. The van der Waals surface area contributed by atoms with E-state index < -0.39 is 5.72 Å². The maximum atomic E-state index is 12.1. The number of ether oxygens (including phenoxy) is 1. The molecule has 5 heteroatoms. The van der Waals surface area contributed by atoms with E-state index in [2.05, 4.69) is 0 Å². The summed E-state index contributed by atoms with van der Waals surface area (Å²) < 4.78 is 6.50. The van der Waals surface area contributed by atoms with Crippen LogP contribution >= 0.6 is 0 Å². The van der Waals surface area contributed by atoms with Crippen molar-refractivity contribution in [3.8, 4) is 0 Å². The van der Waals surface area contributed by atoms with Gasteiger partial charge in [-0.25, -0.2) is 9.59 Å². The number of esters is 1. The molecule has 1 saturated carbocycles. The van der Waals surface area contributed by atoms with E-state index in [1.54, 1.807) is 25.1 Å². The van der Waals surface area contributed by atoms with Gasteiger partial charge in [-0.3, -0.25) is 0 Å². The molecule has 0 aromatic heterocycles. The Morgan fingerprint density at radius 2 is 2.14 bits per heavy atom. The SMILES string of the molecule is CCOC(=O)c1ccc2c(c1)=C1CCCCC1(O)[N+]=2C(C)=O. The van der Waals surface area contributed by atoms with Crippen LogP contribution in [-0.2, 0) is 9.53 Å². The first-order chi connectivity index (χ1) is 10.5. The third-order valence-electron chi connectivity index (χ3n) is 4.44. The van der Waals surface area contributed by atoms with Crippen molar-refractivity contribution in [2.24, 2.45) is 0 Å². The van der Waals surface area contributed by atoms with Crippen LogP contribution < -0.4 is 15.2 Å². The molecule has 1 atom stereocenters. The number of rotatable bonds is 2. The molecule has 3 rings (SSSR count). The largest absolute Gasteiger partial charge is 0.462 e. The number of carbonyl (C=O) groups is 2. The van der Waals surface area contributed by atoms with Crippen LogP contribution in [0.1, 0.15) is 49.9 Å². The van der Waals surface area contributed by atoms with Gasteiger partial charge in [0, 0.05) is 18.1 Å². The van der Waals surface area contributed by atoms with Gasteiger partial charge < -0.3 is 9.84 Å². The van der Waals surface area contributed by atoms with Crippen LogP contribution in [0.5, 0.6) is 0 Å². The summed E-state index contributed by atoms with van der Waals surface area (Å²) in [6.07, 6.45) is 3.12. The van der Waals surface area contributed by atoms with Gasteiger partial charge in [0.2, 0.25) is 5.36 Å². The molecule has 1 aliphatic carbocycles. The van der Waals surface area contributed by atoms with Crippen LogP contribution in [0.25, 0.3) is 5.57 Å². The van der Waals surface area contributed by atoms with Gasteiger partial charge in [-0.2, -0.15) is 0 Å². The van der Waals surface area contributed by atoms with Crippen molar-refractivity contribution in [1.29, 1.82) is 0 Å². The lowest BCUT2D eigenvalue weighted by Crippen LogP contribution is -2.51. The maximum Gasteiger partial charge on any atom is 0.387 e. The topological polar surface area (TPSA) is 66.6 Å².